The monoisotopic (exact) mass is 316 g/mol. The molecule has 0 unspecified atom stereocenters. The van der Waals surface area contributed by atoms with Gasteiger partial charge >= 0.3 is 6.09 Å². The molecule has 1 aliphatic heterocycles. The molecular weight excluding hydrogens is 292 g/mol. The molecule has 2 aliphatic rings. The van der Waals surface area contributed by atoms with Crippen LogP contribution in [0.25, 0.3) is 0 Å². The van der Waals surface area contributed by atoms with Crippen LogP contribution in [0.2, 0.25) is 0 Å². The van der Waals surface area contributed by atoms with Gasteiger partial charge in [-0.25, -0.2) is 4.79 Å². The molecule has 5 nitrogen and oxygen atoms in total. The Hall–Kier alpha value is -0.970. The molecule has 0 N–H and O–H groups in total. The quantitative estimate of drug-likeness (QED) is 0.752. The maximum atomic E-state index is 12.5. The third-order valence-electron chi connectivity index (χ3n) is 3.80. The van der Waals surface area contributed by atoms with Crippen LogP contribution in [-0.4, -0.2) is 58.5 Å². The van der Waals surface area contributed by atoms with Crippen molar-refractivity contribution < 1.29 is 14.3 Å². The van der Waals surface area contributed by atoms with Crippen LogP contribution in [-0.2, 0) is 9.53 Å². The van der Waals surface area contributed by atoms with E-state index in [1.54, 1.807) is 4.90 Å². The summed E-state index contributed by atoms with van der Waals surface area (Å²) in [5, 5.41) is 0. The molecule has 0 radical (unpaired) electrons. The summed E-state index contributed by atoms with van der Waals surface area (Å²) in [6.07, 6.45) is 3.62. The van der Waals surface area contributed by atoms with E-state index in [0.717, 1.165) is 32.2 Å². The van der Waals surface area contributed by atoms with Gasteiger partial charge in [-0.2, -0.15) is 0 Å². The molecule has 1 saturated heterocycles. The van der Waals surface area contributed by atoms with Crippen molar-refractivity contribution >= 4 is 23.6 Å². The molecule has 1 aliphatic carbocycles. The first-order valence-electron chi connectivity index (χ1n) is 7.67. The Bertz CT molecular complexity index is 404. The molecule has 1 heterocycles. The number of amides is 2. The predicted molar refractivity (Wildman–Crippen MR) is 81.4 cm³/mol. The van der Waals surface area contributed by atoms with E-state index in [1.807, 2.05) is 25.7 Å². The summed E-state index contributed by atoms with van der Waals surface area (Å²) in [6.45, 7) is 6.93. The van der Waals surface area contributed by atoms with Gasteiger partial charge in [0.2, 0.25) is 5.91 Å². The van der Waals surface area contributed by atoms with E-state index in [-0.39, 0.29) is 30.0 Å². The van der Waals surface area contributed by atoms with Crippen LogP contribution >= 0.6 is 11.6 Å². The van der Waals surface area contributed by atoms with Crippen molar-refractivity contribution in [3.05, 3.63) is 0 Å². The lowest BCUT2D eigenvalue weighted by molar-refractivity contribution is -0.130. The summed E-state index contributed by atoms with van der Waals surface area (Å²) >= 11 is 5.64. The minimum Gasteiger partial charge on any atom is -0.444 e. The first kappa shape index (κ1) is 16.4. The third-order valence-corrected chi connectivity index (χ3v) is 4.03. The van der Waals surface area contributed by atoms with Crippen molar-refractivity contribution in [2.45, 2.75) is 64.1 Å². The van der Waals surface area contributed by atoms with Gasteiger partial charge in [0.1, 0.15) is 11.5 Å². The fraction of sp³-hybridized carbons (Fsp3) is 0.867. The number of nitrogens with zero attached hydrogens (tertiary/aromatic N) is 2. The molecular formula is C15H25ClN2O3. The molecule has 0 spiro atoms. The predicted octanol–water partition coefficient (Wildman–Crippen LogP) is 2.62. The average Bonchev–Trinajstić information content (AvgIpc) is 3.21. The SMILES string of the molecule is CC(C)(C)OC(=O)N(C1CC1)[C@@H]1CCCN(C(=O)CCl)C1. The van der Waals surface area contributed by atoms with Crippen LogP contribution in [0.5, 0.6) is 0 Å². The van der Waals surface area contributed by atoms with Crippen molar-refractivity contribution in [1.82, 2.24) is 9.80 Å². The van der Waals surface area contributed by atoms with Gasteiger partial charge in [0, 0.05) is 19.1 Å². The smallest absolute Gasteiger partial charge is 0.410 e. The van der Waals surface area contributed by atoms with Gasteiger partial charge in [-0.1, -0.05) is 0 Å². The molecule has 21 heavy (non-hydrogen) atoms. The number of likely N-dealkylation sites (tertiary alicyclic amines) is 1. The number of piperidine rings is 1. The van der Waals surface area contributed by atoms with Crippen molar-refractivity contribution in [1.29, 1.82) is 0 Å². The molecule has 0 aromatic carbocycles. The Morgan fingerprint density at radius 1 is 1.24 bits per heavy atom. The number of hydrogen-bond donors (Lipinski definition) is 0. The van der Waals surface area contributed by atoms with E-state index in [9.17, 15) is 9.59 Å². The number of ether oxygens (including phenoxy) is 1. The zero-order chi connectivity index (χ0) is 15.6. The lowest BCUT2D eigenvalue weighted by Gasteiger charge is -2.39. The van der Waals surface area contributed by atoms with Crippen LogP contribution in [0.3, 0.4) is 0 Å². The van der Waals surface area contributed by atoms with Crippen molar-refractivity contribution in [2.75, 3.05) is 19.0 Å². The van der Waals surface area contributed by atoms with Gasteiger partial charge in [-0.3, -0.25) is 4.79 Å². The summed E-state index contributed by atoms with van der Waals surface area (Å²) in [7, 11) is 0. The maximum absolute atomic E-state index is 12.5. The van der Waals surface area contributed by atoms with Crippen LogP contribution in [0.4, 0.5) is 4.79 Å². The van der Waals surface area contributed by atoms with E-state index in [2.05, 4.69) is 0 Å². The molecule has 2 fully saturated rings. The van der Waals surface area contributed by atoms with Crippen LogP contribution in [0, 0.1) is 0 Å². The first-order valence-corrected chi connectivity index (χ1v) is 8.20. The number of carbonyl (C=O) groups excluding carboxylic acids is 2. The summed E-state index contributed by atoms with van der Waals surface area (Å²) in [6, 6.07) is 0.323. The normalized spacial score (nSPS) is 22.9. The molecule has 6 heteroatoms. The minimum atomic E-state index is -0.496. The molecule has 1 saturated carbocycles. The second-order valence-electron chi connectivity index (χ2n) is 6.89. The van der Waals surface area contributed by atoms with E-state index in [4.69, 9.17) is 16.3 Å². The molecule has 2 amide bonds. The summed E-state index contributed by atoms with van der Waals surface area (Å²) in [4.78, 5) is 27.9. The zero-order valence-corrected chi connectivity index (χ0v) is 13.9. The second-order valence-corrected chi connectivity index (χ2v) is 7.16. The Labute approximate surface area is 131 Å². The van der Waals surface area contributed by atoms with Gasteiger partial charge < -0.3 is 14.5 Å². The van der Waals surface area contributed by atoms with Crippen LogP contribution in [0.15, 0.2) is 0 Å². The number of hydrogen-bond acceptors (Lipinski definition) is 3. The maximum Gasteiger partial charge on any atom is 0.410 e. The topological polar surface area (TPSA) is 49.9 Å². The Kier molecular flexibility index (Phi) is 5.02. The highest BCUT2D eigenvalue weighted by Gasteiger charge is 2.41. The zero-order valence-electron chi connectivity index (χ0n) is 13.1. The van der Waals surface area contributed by atoms with E-state index >= 15 is 0 Å². The van der Waals surface area contributed by atoms with Crippen LogP contribution < -0.4 is 0 Å². The fourth-order valence-electron chi connectivity index (χ4n) is 2.76. The molecule has 0 aromatic heterocycles. The molecule has 0 aromatic rings. The third kappa shape index (κ3) is 4.50. The van der Waals surface area contributed by atoms with E-state index < -0.39 is 5.60 Å². The van der Waals surface area contributed by atoms with Crippen molar-refractivity contribution in [3.8, 4) is 0 Å². The Balaban J connectivity index is 2.04. The van der Waals surface area contributed by atoms with Crippen molar-refractivity contribution in [2.24, 2.45) is 0 Å². The van der Waals surface area contributed by atoms with Gasteiger partial charge in [-0.15, -0.1) is 11.6 Å². The molecule has 0 bridgehead atoms. The highest BCUT2D eigenvalue weighted by Crippen LogP contribution is 2.32. The summed E-state index contributed by atoms with van der Waals surface area (Å²) in [5.41, 5.74) is -0.496. The fourth-order valence-corrected chi connectivity index (χ4v) is 2.93. The van der Waals surface area contributed by atoms with Gasteiger partial charge in [0.05, 0.1) is 6.04 Å². The first-order chi connectivity index (χ1) is 9.81. The minimum absolute atomic E-state index is 0.00257. The lowest BCUT2D eigenvalue weighted by atomic mass is 10.0. The highest BCUT2D eigenvalue weighted by atomic mass is 35.5. The van der Waals surface area contributed by atoms with E-state index in [1.165, 1.54) is 0 Å². The van der Waals surface area contributed by atoms with E-state index in [0.29, 0.717) is 6.54 Å². The number of halogens is 1. The Morgan fingerprint density at radius 2 is 1.90 bits per heavy atom. The average molecular weight is 317 g/mol. The Morgan fingerprint density at radius 3 is 2.43 bits per heavy atom. The summed E-state index contributed by atoms with van der Waals surface area (Å²) in [5.74, 6) is -0.0518. The van der Waals surface area contributed by atoms with Gasteiger partial charge in [-0.05, 0) is 46.5 Å². The number of rotatable bonds is 3. The van der Waals surface area contributed by atoms with Gasteiger partial charge in [0.15, 0.2) is 0 Å². The molecule has 120 valence electrons. The van der Waals surface area contributed by atoms with Crippen LogP contribution in [0.1, 0.15) is 46.5 Å². The van der Waals surface area contributed by atoms with Gasteiger partial charge in [0.25, 0.3) is 0 Å². The van der Waals surface area contributed by atoms with Crippen molar-refractivity contribution in [3.63, 3.8) is 0 Å². The molecule has 2 rings (SSSR count). The molecule has 1 atom stereocenters. The summed E-state index contributed by atoms with van der Waals surface area (Å²) < 4.78 is 5.53. The number of alkyl halides is 1. The lowest BCUT2D eigenvalue weighted by Crippen LogP contribution is -2.53. The number of carbonyl (C=O) groups is 2. The largest absolute Gasteiger partial charge is 0.444 e. The highest BCUT2D eigenvalue weighted by molar-refractivity contribution is 6.27. The second kappa shape index (κ2) is 6.42. The standard InChI is InChI=1S/C15H25ClN2O3/c1-15(2,3)21-14(20)18(11-6-7-11)12-5-4-8-17(10-12)13(19)9-16/h11-12H,4-10H2,1-3H3/t12-/m1/s1.